The molecular formula is C28H31ClN6O3. The largest absolute Gasteiger partial charge is 0.492 e. The molecule has 0 unspecified atom stereocenters. The van der Waals surface area contributed by atoms with Crippen molar-refractivity contribution < 1.29 is 14.3 Å². The highest BCUT2D eigenvalue weighted by Gasteiger charge is 2.22. The number of nitrogens with zero attached hydrogens (tertiary/aromatic N) is 3. The minimum Gasteiger partial charge on any atom is -0.492 e. The summed E-state index contributed by atoms with van der Waals surface area (Å²) in [5, 5.41) is 6.71. The highest BCUT2D eigenvalue weighted by atomic mass is 35.5. The number of hydrogen-bond donors (Lipinski definition) is 3. The zero-order valence-electron chi connectivity index (χ0n) is 21.2. The summed E-state index contributed by atoms with van der Waals surface area (Å²) in [7, 11) is 1.58. The van der Waals surface area contributed by atoms with Crippen LogP contribution in [0.3, 0.4) is 0 Å². The number of carbonyl (C=O) groups is 1. The number of H-pyrrole nitrogens is 1. The minimum atomic E-state index is -0.194. The van der Waals surface area contributed by atoms with Gasteiger partial charge in [0.1, 0.15) is 29.4 Å². The minimum absolute atomic E-state index is 0.0514. The highest BCUT2D eigenvalue weighted by Crippen LogP contribution is 2.32. The van der Waals surface area contributed by atoms with Crippen LogP contribution in [0.2, 0.25) is 5.02 Å². The van der Waals surface area contributed by atoms with E-state index in [1.54, 1.807) is 19.3 Å². The van der Waals surface area contributed by atoms with Crippen molar-refractivity contribution in [1.82, 2.24) is 25.2 Å². The van der Waals surface area contributed by atoms with Gasteiger partial charge in [-0.1, -0.05) is 41.9 Å². The number of anilines is 1. The quantitative estimate of drug-likeness (QED) is 0.278. The number of imidazole rings is 1. The lowest BCUT2D eigenvalue weighted by molar-refractivity contribution is -0.122. The molecule has 38 heavy (non-hydrogen) atoms. The maximum absolute atomic E-state index is 11.5. The lowest BCUT2D eigenvalue weighted by Crippen LogP contribution is -2.40. The molecule has 3 heterocycles. The number of nitrogens with one attached hydrogen (secondary N) is 3. The maximum Gasteiger partial charge on any atom is 0.257 e. The van der Waals surface area contributed by atoms with Gasteiger partial charge in [-0.15, -0.1) is 0 Å². The zero-order valence-corrected chi connectivity index (χ0v) is 22.0. The van der Waals surface area contributed by atoms with Gasteiger partial charge >= 0.3 is 0 Å². The number of rotatable bonds is 10. The van der Waals surface area contributed by atoms with Gasteiger partial charge in [-0.3, -0.25) is 9.69 Å². The predicted octanol–water partition coefficient (Wildman–Crippen LogP) is 4.36. The maximum atomic E-state index is 11.5. The molecule has 2 aromatic heterocycles. The van der Waals surface area contributed by atoms with Gasteiger partial charge in [0.25, 0.3) is 5.91 Å². The summed E-state index contributed by atoms with van der Waals surface area (Å²) in [5.41, 5.74) is 2.96. The molecule has 1 saturated heterocycles. The Morgan fingerprint density at radius 2 is 1.89 bits per heavy atom. The topological polar surface area (TPSA) is 104 Å². The Hall–Kier alpha value is -3.82. The zero-order chi connectivity index (χ0) is 26.3. The number of piperidine rings is 1. The first-order valence-electron chi connectivity index (χ1n) is 12.7. The van der Waals surface area contributed by atoms with E-state index in [2.05, 4.69) is 25.5 Å². The van der Waals surface area contributed by atoms with E-state index in [4.69, 9.17) is 26.1 Å². The molecule has 1 amide bonds. The highest BCUT2D eigenvalue weighted by molar-refractivity contribution is 6.34. The molecule has 0 aliphatic carbocycles. The molecule has 4 aromatic rings. The number of aromatic nitrogens is 3. The van der Waals surface area contributed by atoms with Gasteiger partial charge in [0.2, 0.25) is 0 Å². The third-order valence-electron chi connectivity index (χ3n) is 6.58. The van der Waals surface area contributed by atoms with Gasteiger partial charge in [0.15, 0.2) is 12.3 Å². The second-order valence-electron chi connectivity index (χ2n) is 9.18. The Morgan fingerprint density at radius 3 is 2.68 bits per heavy atom. The van der Waals surface area contributed by atoms with Crippen LogP contribution < -0.4 is 20.1 Å². The molecule has 9 nitrogen and oxygen atoms in total. The van der Waals surface area contributed by atoms with E-state index in [1.165, 1.54) is 0 Å². The normalized spacial score (nSPS) is 14.4. The smallest absolute Gasteiger partial charge is 0.257 e. The Balaban J connectivity index is 1.22. The summed E-state index contributed by atoms with van der Waals surface area (Å²) in [6, 6.07) is 17.6. The molecular weight excluding hydrogens is 504 g/mol. The third-order valence-corrected chi connectivity index (χ3v) is 6.87. The van der Waals surface area contributed by atoms with E-state index in [9.17, 15) is 4.79 Å². The van der Waals surface area contributed by atoms with Crippen molar-refractivity contribution >= 4 is 34.4 Å². The summed E-state index contributed by atoms with van der Waals surface area (Å²) in [6.45, 7) is 3.49. The van der Waals surface area contributed by atoms with Crippen LogP contribution in [-0.2, 0) is 4.79 Å². The SMILES string of the molecule is CNC(=O)COc1cccc(-c2nc3c(NC4CCN(CCOc5ccccc5)CC4)c(Cl)cnc3[nH]2)c1. The Kier molecular flexibility index (Phi) is 8.25. The summed E-state index contributed by atoms with van der Waals surface area (Å²) in [5.74, 6) is 1.94. The molecule has 1 aliphatic rings. The monoisotopic (exact) mass is 534 g/mol. The van der Waals surface area contributed by atoms with Crippen LogP contribution in [0.4, 0.5) is 5.69 Å². The number of likely N-dealkylation sites (N-methyl/N-ethyl adjacent to an activating group) is 1. The average molecular weight is 535 g/mol. The van der Waals surface area contributed by atoms with Crippen molar-refractivity contribution in [3.05, 3.63) is 65.8 Å². The fourth-order valence-electron chi connectivity index (χ4n) is 4.47. The number of amides is 1. The lowest BCUT2D eigenvalue weighted by atomic mass is 10.0. The van der Waals surface area contributed by atoms with E-state index in [0.29, 0.717) is 34.4 Å². The molecule has 0 saturated carbocycles. The molecule has 0 spiro atoms. The van der Waals surface area contributed by atoms with Crippen LogP contribution in [0.5, 0.6) is 11.5 Å². The van der Waals surface area contributed by atoms with Crippen molar-refractivity contribution in [3.8, 4) is 22.9 Å². The fourth-order valence-corrected chi connectivity index (χ4v) is 4.67. The number of likely N-dealkylation sites (tertiary alicyclic amines) is 1. The number of halogens is 1. The summed E-state index contributed by atoms with van der Waals surface area (Å²) >= 11 is 6.58. The predicted molar refractivity (Wildman–Crippen MR) is 149 cm³/mol. The van der Waals surface area contributed by atoms with Crippen LogP contribution in [0.15, 0.2) is 60.8 Å². The molecule has 10 heteroatoms. The van der Waals surface area contributed by atoms with Crippen LogP contribution in [-0.4, -0.2) is 71.7 Å². The summed E-state index contributed by atoms with van der Waals surface area (Å²) in [4.78, 5) is 26.5. The number of aromatic amines is 1. The standard InChI is InChI=1S/C28H31ClN6O3/c1-30-24(36)18-38-22-9-5-6-19(16-22)27-33-26-25(23(29)17-31-28(26)34-27)32-20-10-12-35(13-11-20)14-15-37-21-7-3-2-4-8-21/h2-9,16-17,20H,10-15,18H2,1H3,(H,30,36)(H2,31,32,33,34). The average Bonchev–Trinajstić information content (AvgIpc) is 3.40. The number of ether oxygens (including phenoxy) is 2. The second-order valence-corrected chi connectivity index (χ2v) is 9.58. The number of benzene rings is 2. The molecule has 2 aromatic carbocycles. The molecule has 1 aliphatic heterocycles. The van der Waals surface area contributed by atoms with Gasteiger partial charge in [0, 0.05) is 38.3 Å². The third kappa shape index (κ3) is 6.35. The van der Waals surface area contributed by atoms with Gasteiger partial charge in [-0.05, 0) is 37.1 Å². The summed E-state index contributed by atoms with van der Waals surface area (Å²) < 4.78 is 11.4. The Morgan fingerprint density at radius 1 is 1.11 bits per heavy atom. The Bertz CT molecular complexity index is 1370. The van der Waals surface area contributed by atoms with Crippen molar-refractivity contribution in [3.63, 3.8) is 0 Å². The van der Waals surface area contributed by atoms with E-state index in [0.717, 1.165) is 49.5 Å². The lowest BCUT2D eigenvalue weighted by Gasteiger charge is -2.32. The first-order valence-corrected chi connectivity index (χ1v) is 13.1. The van der Waals surface area contributed by atoms with Crippen molar-refractivity contribution in [2.75, 3.05) is 45.2 Å². The number of hydrogen-bond acceptors (Lipinski definition) is 7. The van der Waals surface area contributed by atoms with E-state index in [1.807, 2.05) is 48.5 Å². The molecule has 0 bridgehead atoms. The van der Waals surface area contributed by atoms with Gasteiger partial charge < -0.3 is 25.1 Å². The number of fused-ring (bicyclic) bond motifs is 1. The number of para-hydroxylation sites is 1. The first kappa shape index (κ1) is 25.8. The molecule has 5 rings (SSSR count). The molecule has 0 radical (unpaired) electrons. The van der Waals surface area contributed by atoms with Crippen LogP contribution in [0, 0.1) is 0 Å². The Labute approximate surface area is 226 Å². The van der Waals surface area contributed by atoms with Gasteiger partial charge in [-0.2, -0.15) is 0 Å². The first-order chi connectivity index (χ1) is 18.6. The van der Waals surface area contributed by atoms with Crippen molar-refractivity contribution in [2.45, 2.75) is 18.9 Å². The summed E-state index contributed by atoms with van der Waals surface area (Å²) in [6.07, 6.45) is 3.63. The number of pyridine rings is 1. The van der Waals surface area contributed by atoms with Crippen LogP contribution in [0.1, 0.15) is 12.8 Å². The second kappa shape index (κ2) is 12.1. The van der Waals surface area contributed by atoms with Crippen LogP contribution >= 0.6 is 11.6 Å². The van der Waals surface area contributed by atoms with E-state index < -0.39 is 0 Å². The number of carbonyl (C=O) groups excluding carboxylic acids is 1. The van der Waals surface area contributed by atoms with Crippen molar-refractivity contribution in [1.29, 1.82) is 0 Å². The molecule has 0 atom stereocenters. The fraction of sp³-hybridized carbons (Fsp3) is 0.321. The van der Waals surface area contributed by atoms with Crippen molar-refractivity contribution in [2.24, 2.45) is 0 Å². The van der Waals surface area contributed by atoms with Gasteiger partial charge in [0.05, 0.1) is 16.9 Å². The van der Waals surface area contributed by atoms with Gasteiger partial charge in [-0.25, -0.2) is 9.97 Å². The molecule has 198 valence electrons. The van der Waals surface area contributed by atoms with E-state index in [-0.39, 0.29) is 18.6 Å². The van der Waals surface area contributed by atoms with Crippen LogP contribution in [0.25, 0.3) is 22.6 Å². The molecule has 1 fully saturated rings. The molecule has 3 N–H and O–H groups in total. The van der Waals surface area contributed by atoms with E-state index >= 15 is 0 Å².